The SMILES string of the molecule is COCCN=C(N)Nc1ccc(OC)c(Cl)c1. The van der Waals surface area contributed by atoms with Gasteiger partial charge in [0.15, 0.2) is 5.96 Å². The number of methoxy groups -OCH3 is 2. The predicted octanol–water partition coefficient (Wildman–Crippen LogP) is 1.72. The monoisotopic (exact) mass is 257 g/mol. The molecule has 3 N–H and O–H groups in total. The van der Waals surface area contributed by atoms with Crippen molar-refractivity contribution in [2.24, 2.45) is 10.7 Å². The van der Waals surface area contributed by atoms with E-state index in [2.05, 4.69) is 10.3 Å². The van der Waals surface area contributed by atoms with Crippen molar-refractivity contribution in [1.82, 2.24) is 0 Å². The summed E-state index contributed by atoms with van der Waals surface area (Å²) in [4.78, 5) is 4.07. The van der Waals surface area contributed by atoms with Crippen molar-refractivity contribution >= 4 is 23.2 Å². The van der Waals surface area contributed by atoms with Crippen LogP contribution in [0.4, 0.5) is 5.69 Å². The van der Waals surface area contributed by atoms with Gasteiger partial charge in [0.05, 0.1) is 25.3 Å². The minimum absolute atomic E-state index is 0.322. The maximum Gasteiger partial charge on any atom is 0.193 e. The highest BCUT2D eigenvalue weighted by molar-refractivity contribution is 6.32. The lowest BCUT2D eigenvalue weighted by molar-refractivity contribution is 0.208. The van der Waals surface area contributed by atoms with Crippen LogP contribution in [-0.2, 0) is 4.74 Å². The number of nitrogens with one attached hydrogen (secondary N) is 1. The van der Waals surface area contributed by atoms with Gasteiger partial charge in [0, 0.05) is 12.8 Å². The van der Waals surface area contributed by atoms with Gasteiger partial charge in [-0.3, -0.25) is 4.99 Å². The third-order valence-electron chi connectivity index (χ3n) is 2.00. The van der Waals surface area contributed by atoms with Crippen molar-refractivity contribution in [2.75, 3.05) is 32.7 Å². The Morgan fingerprint density at radius 2 is 2.24 bits per heavy atom. The number of nitrogens with zero attached hydrogens (tertiary/aromatic N) is 1. The number of rotatable bonds is 5. The Kier molecular flexibility index (Phi) is 5.59. The summed E-state index contributed by atoms with van der Waals surface area (Å²) in [6.07, 6.45) is 0. The van der Waals surface area contributed by atoms with E-state index in [0.29, 0.717) is 29.9 Å². The molecular formula is C11H16ClN3O2. The standard InChI is InChI=1S/C11H16ClN3O2/c1-16-6-5-14-11(13)15-8-3-4-10(17-2)9(12)7-8/h3-4,7H,5-6H2,1-2H3,(H3,13,14,15). The summed E-state index contributed by atoms with van der Waals surface area (Å²) in [6.45, 7) is 1.05. The van der Waals surface area contributed by atoms with Crippen LogP contribution >= 0.6 is 11.6 Å². The molecule has 0 aliphatic heterocycles. The zero-order chi connectivity index (χ0) is 12.7. The topological polar surface area (TPSA) is 68.9 Å². The first-order valence-corrected chi connectivity index (χ1v) is 5.44. The Labute approximate surface area is 106 Å². The lowest BCUT2D eigenvalue weighted by Gasteiger charge is -2.08. The third-order valence-corrected chi connectivity index (χ3v) is 2.30. The molecule has 0 amide bonds. The number of guanidine groups is 1. The number of hydrogen-bond donors (Lipinski definition) is 2. The van der Waals surface area contributed by atoms with Crippen LogP contribution in [0, 0.1) is 0 Å². The van der Waals surface area contributed by atoms with Crippen molar-refractivity contribution in [1.29, 1.82) is 0 Å². The second-order valence-corrected chi connectivity index (χ2v) is 3.64. The summed E-state index contributed by atoms with van der Waals surface area (Å²) in [6, 6.07) is 5.29. The van der Waals surface area contributed by atoms with E-state index in [9.17, 15) is 0 Å². The van der Waals surface area contributed by atoms with E-state index in [1.54, 1.807) is 26.4 Å². The molecular weight excluding hydrogens is 242 g/mol. The third kappa shape index (κ3) is 4.50. The Hall–Kier alpha value is -1.46. The van der Waals surface area contributed by atoms with Crippen LogP contribution in [0.2, 0.25) is 5.02 Å². The molecule has 0 aliphatic rings. The number of hydrogen-bond acceptors (Lipinski definition) is 3. The summed E-state index contributed by atoms with van der Waals surface area (Å²) in [5.41, 5.74) is 6.43. The summed E-state index contributed by atoms with van der Waals surface area (Å²) >= 11 is 5.97. The number of benzene rings is 1. The van der Waals surface area contributed by atoms with Crippen LogP contribution in [0.25, 0.3) is 0 Å². The van der Waals surface area contributed by atoms with E-state index in [-0.39, 0.29) is 0 Å². The second kappa shape index (κ2) is 6.98. The van der Waals surface area contributed by atoms with Crippen LogP contribution in [0.15, 0.2) is 23.2 Å². The van der Waals surface area contributed by atoms with Gasteiger partial charge in [0.1, 0.15) is 5.75 Å². The normalized spacial score (nSPS) is 11.4. The zero-order valence-corrected chi connectivity index (χ0v) is 10.6. The fraction of sp³-hybridized carbons (Fsp3) is 0.364. The minimum atomic E-state index is 0.322. The molecule has 1 aromatic rings. The Morgan fingerprint density at radius 1 is 1.47 bits per heavy atom. The number of halogens is 1. The van der Waals surface area contributed by atoms with E-state index >= 15 is 0 Å². The molecule has 1 rings (SSSR count). The average molecular weight is 258 g/mol. The largest absolute Gasteiger partial charge is 0.495 e. The van der Waals surface area contributed by atoms with Crippen LogP contribution in [0.3, 0.4) is 0 Å². The van der Waals surface area contributed by atoms with Crippen LogP contribution in [-0.4, -0.2) is 33.3 Å². The van der Waals surface area contributed by atoms with Gasteiger partial charge in [0.2, 0.25) is 0 Å². The maximum absolute atomic E-state index is 5.97. The van der Waals surface area contributed by atoms with Crippen molar-refractivity contribution in [3.63, 3.8) is 0 Å². The van der Waals surface area contributed by atoms with Gasteiger partial charge in [-0.2, -0.15) is 0 Å². The molecule has 0 unspecified atom stereocenters. The van der Waals surface area contributed by atoms with Gasteiger partial charge in [0.25, 0.3) is 0 Å². The van der Waals surface area contributed by atoms with E-state index in [1.165, 1.54) is 0 Å². The van der Waals surface area contributed by atoms with Crippen molar-refractivity contribution in [3.8, 4) is 5.75 Å². The minimum Gasteiger partial charge on any atom is -0.495 e. The second-order valence-electron chi connectivity index (χ2n) is 3.23. The molecule has 0 heterocycles. The molecule has 0 spiro atoms. The number of aliphatic imine (C=N–C) groups is 1. The first-order chi connectivity index (χ1) is 8.17. The molecule has 0 radical (unpaired) electrons. The Bertz CT molecular complexity index is 396. The predicted molar refractivity (Wildman–Crippen MR) is 70.0 cm³/mol. The maximum atomic E-state index is 5.97. The van der Waals surface area contributed by atoms with Gasteiger partial charge in [-0.1, -0.05) is 11.6 Å². The van der Waals surface area contributed by atoms with Gasteiger partial charge in [-0.15, -0.1) is 0 Å². The van der Waals surface area contributed by atoms with Crippen LogP contribution < -0.4 is 15.8 Å². The van der Waals surface area contributed by atoms with E-state index in [1.807, 2.05) is 6.07 Å². The fourth-order valence-corrected chi connectivity index (χ4v) is 1.45. The Balaban J connectivity index is 2.62. The van der Waals surface area contributed by atoms with Crippen LogP contribution in [0.5, 0.6) is 5.75 Å². The molecule has 1 aromatic carbocycles. The number of ether oxygens (including phenoxy) is 2. The van der Waals surface area contributed by atoms with Crippen LogP contribution in [0.1, 0.15) is 0 Å². The van der Waals surface area contributed by atoms with E-state index < -0.39 is 0 Å². The quantitative estimate of drug-likeness (QED) is 0.479. The molecule has 6 heteroatoms. The summed E-state index contributed by atoms with van der Waals surface area (Å²) in [5, 5.41) is 3.44. The fourth-order valence-electron chi connectivity index (χ4n) is 1.19. The molecule has 0 bridgehead atoms. The highest BCUT2D eigenvalue weighted by Gasteiger charge is 2.02. The molecule has 0 saturated heterocycles. The first kappa shape index (κ1) is 13.6. The average Bonchev–Trinajstić information content (AvgIpc) is 2.29. The van der Waals surface area contributed by atoms with Gasteiger partial charge in [-0.05, 0) is 18.2 Å². The summed E-state index contributed by atoms with van der Waals surface area (Å²) < 4.78 is 9.91. The Morgan fingerprint density at radius 3 is 2.82 bits per heavy atom. The number of nitrogens with two attached hydrogens (primary N) is 1. The molecule has 0 aromatic heterocycles. The highest BCUT2D eigenvalue weighted by Crippen LogP contribution is 2.26. The van der Waals surface area contributed by atoms with E-state index in [0.717, 1.165) is 5.69 Å². The van der Waals surface area contributed by atoms with Gasteiger partial charge in [-0.25, -0.2) is 0 Å². The van der Waals surface area contributed by atoms with Crippen molar-refractivity contribution < 1.29 is 9.47 Å². The van der Waals surface area contributed by atoms with Crippen molar-refractivity contribution in [2.45, 2.75) is 0 Å². The lowest BCUT2D eigenvalue weighted by atomic mass is 10.3. The van der Waals surface area contributed by atoms with Gasteiger partial charge >= 0.3 is 0 Å². The molecule has 5 nitrogen and oxygen atoms in total. The lowest BCUT2D eigenvalue weighted by Crippen LogP contribution is -2.23. The zero-order valence-electron chi connectivity index (χ0n) is 9.87. The van der Waals surface area contributed by atoms with E-state index in [4.69, 9.17) is 26.8 Å². The summed E-state index contributed by atoms with van der Waals surface area (Å²) in [7, 11) is 3.18. The first-order valence-electron chi connectivity index (χ1n) is 5.06. The molecule has 0 atom stereocenters. The highest BCUT2D eigenvalue weighted by atomic mass is 35.5. The molecule has 0 saturated carbocycles. The molecule has 94 valence electrons. The molecule has 0 aliphatic carbocycles. The smallest absolute Gasteiger partial charge is 0.193 e. The summed E-state index contributed by atoms with van der Waals surface area (Å²) in [5.74, 6) is 0.940. The van der Waals surface area contributed by atoms with Gasteiger partial charge < -0.3 is 20.5 Å². The van der Waals surface area contributed by atoms with Crippen molar-refractivity contribution in [3.05, 3.63) is 23.2 Å². The molecule has 17 heavy (non-hydrogen) atoms. The number of anilines is 1. The molecule has 0 fully saturated rings.